The third kappa shape index (κ3) is 5.00. The molecule has 84 valence electrons. The maximum absolute atomic E-state index is 5.78. The molecule has 4 heteroatoms. The zero-order valence-corrected chi connectivity index (χ0v) is 10.00. The first-order chi connectivity index (χ1) is 7.22. The number of nitrogens with zero attached hydrogens (tertiary/aromatic N) is 2. The van der Waals surface area contributed by atoms with Gasteiger partial charge in [0.05, 0.1) is 11.2 Å². The maximum Gasteiger partial charge on any atom is 0.139 e. The third-order valence-electron chi connectivity index (χ3n) is 2.03. The molecule has 0 atom stereocenters. The highest BCUT2D eigenvalue weighted by Crippen LogP contribution is 2.14. The van der Waals surface area contributed by atoms with Gasteiger partial charge in [0.25, 0.3) is 0 Å². The Hall–Kier alpha value is -0.800. The van der Waals surface area contributed by atoms with E-state index in [0.717, 1.165) is 25.3 Å². The summed E-state index contributed by atoms with van der Waals surface area (Å²) in [6, 6.07) is 1.77. The Bertz CT molecular complexity index is 294. The molecule has 0 saturated carbocycles. The molecular weight excluding hydrogens is 212 g/mol. The summed E-state index contributed by atoms with van der Waals surface area (Å²) >= 11 is 5.78. The Balaban J connectivity index is 2.25. The fourth-order valence-electron chi connectivity index (χ4n) is 1.28. The SMILES string of the molecule is CCCN(C)CCOc1cncc(Cl)c1. The predicted octanol–water partition coefficient (Wildman–Crippen LogP) is 2.46. The van der Waals surface area contributed by atoms with E-state index in [1.165, 1.54) is 0 Å². The van der Waals surface area contributed by atoms with E-state index in [1.807, 2.05) is 0 Å². The van der Waals surface area contributed by atoms with Crippen LogP contribution >= 0.6 is 11.6 Å². The molecular formula is C11H17ClN2O. The van der Waals surface area contributed by atoms with Crippen molar-refractivity contribution in [2.24, 2.45) is 0 Å². The normalized spacial score (nSPS) is 10.7. The van der Waals surface area contributed by atoms with Crippen molar-refractivity contribution in [3.8, 4) is 5.75 Å². The van der Waals surface area contributed by atoms with E-state index in [-0.39, 0.29) is 0 Å². The Labute approximate surface area is 96.0 Å². The highest BCUT2D eigenvalue weighted by atomic mass is 35.5. The van der Waals surface area contributed by atoms with Gasteiger partial charge in [-0.05, 0) is 20.0 Å². The molecule has 0 amide bonds. The lowest BCUT2D eigenvalue weighted by atomic mass is 10.4. The number of pyridine rings is 1. The van der Waals surface area contributed by atoms with Crippen molar-refractivity contribution in [1.29, 1.82) is 0 Å². The van der Waals surface area contributed by atoms with Crippen LogP contribution in [0.3, 0.4) is 0 Å². The second-order valence-electron chi connectivity index (χ2n) is 3.49. The number of hydrogen-bond acceptors (Lipinski definition) is 3. The van der Waals surface area contributed by atoms with Gasteiger partial charge in [-0.25, -0.2) is 0 Å². The fraction of sp³-hybridized carbons (Fsp3) is 0.545. The van der Waals surface area contributed by atoms with Crippen LogP contribution in [-0.4, -0.2) is 36.6 Å². The summed E-state index contributed by atoms with van der Waals surface area (Å²) in [4.78, 5) is 6.18. The summed E-state index contributed by atoms with van der Waals surface area (Å²) in [5.41, 5.74) is 0. The van der Waals surface area contributed by atoms with Crippen LogP contribution in [0.25, 0.3) is 0 Å². The lowest BCUT2D eigenvalue weighted by Crippen LogP contribution is -2.24. The molecule has 0 spiro atoms. The molecule has 0 bridgehead atoms. The molecule has 0 aliphatic rings. The van der Waals surface area contributed by atoms with Gasteiger partial charge in [-0.3, -0.25) is 4.98 Å². The summed E-state index contributed by atoms with van der Waals surface area (Å²) in [7, 11) is 2.09. The summed E-state index contributed by atoms with van der Waals surface area (Å²) in [6.45, 7) is 4.84. The van der Waals surface area contributed by atoms with Gasteiger partial charge in [0, 0.05) is 18.8 Å². The van der Waals surface area contributed by atoms with Gasteiger partial charge in [0.2, 0.25) is 0 Å². The molecule has 0 aliphatic carbocycles. The molecule has 3 nitrogen and oxygen atoms in total. The first-order valence-electron chi connectivity index (χ1n) is 5.14. The number of ether oxygens (including phenoxy) is 1. The molecule has 1 aromatic heterocycles. The van der Waals surface area contributed by atoms with E-state index in [2.05, 4.69) is 23.9 Å². The second kappa shape index (κ2) is 6.64. The monoisotopic (exact) mass is 228 g/mol. The molecule has 0 N–H and O–H groups in total. The van der Waals surface area contributed by atoms with Gasteiger partial charge in [0.1, 0.15) is 12.4 Å². The smallest absolute Gasteiger partial charge is 0.139 e. The largest absolute Gasteiger partial charge is 0.491 e. The molecule has 1 rings (SSSR count). The van der Waals surface area contributed by atoms with Crippen LogP contribution in [0, 0.1) is 0 Å². The van der Waals surface area contributed by atoms with Gasteiger partial charge >= 0.3 is 0 Å². The molecule has 1 heterocycles. The first-order valence-corrected chi connectivity index (χ1v) is 5.52. The van der Waals surface area contributed by atoms with E-state index >= 15 is 0 Å². The van der Waals surface area contributed by atoms with Crippen molar-refractivity contribution in [2.45, 2.75) is 13.3 Å². The number of likely N-dealkylation sites (N-methyl/N-ethyl adjacent to an activating group) is 1. The van der Waals surface area contributed by atoms with Crippen molar-refractivity contribution in [1.82, 2.24) is 9.88 Å². The number of rotatable bonds is 6. The summed E-state index contributed by atoms with van der Waals surface area (Å²) in [6.07, 6.45) is 4.43. The van der Waals surface area contributed by atoms with Crippen molar-refractivity contribution in [3.05, 3.63) is 23.5 Å². The van der Waals surface area contributed by atoms with Crippen molar-refractivity contribution >= 4 is 11.6 Å². The zero-order chi connectivity index (χ0) is 11.1. The molecule has 0 aliphatic heterocycles. The average Bonchev–Trinajstić information content (AvgIpc) is 2.18. The maximum atomic E-state index is 5.78. The van der Waals surface area contributed by atoms with Gasteiger partial charge in [0.15, 0.2) is 0 Å². The molecule has 15 heavy (non-hydrogen) atoms. The van der Waals surface area contributed by atoms with Gasteiger partial charge in [-0.2, -0.15) is 0 Å². The standard InChI is InChI=1S/C11H17ClN2O/c1-3-4-14(2)5-6-15-11-7-10(12)8-13-9-11/h7-9H,3-6H2,1-2H3. The number of aromatic nitrogens is 1. The summed E-state index contributed by atoms with van der Waals surface area (Å²) in [5.74, 6) is 0.729. The molecule has 0 fully saturated rings. The lowest BCUT2D eigenvalue weighted by molar-refractivity contribution is 0.237. The van der Waals surface area contributed by atoms with Crippen molar-refractivity contribution in [3.63, 3.8) is 0 Å². The minimum absolute atomic E-state index is 0.606. The van der Waals surface area contributed by atoms with Crippen LogP contribution in [0.1, 0.15) is 13.3 Å². The molecule has 1 aromatic rings. The van der Waals surface area contributed by atoms with E-state index < -0.39 is 0 Å². The topological polar surface area (TPSA) is 25.4 Å². The van der Waals surface area contributed by atoms with E-state index in [1.54, 1.807) is 18.5 Å². The van der Waals surface area contributed by atoms with E-state index in [4.69, 9.17) is 16.3 Å². The number of hydrogen-bond donors (Lipinski definition) is 0. The van der Waals surface area contributed by atoms with Gasteiger partial charge in [-0.1, -0.05) is 18.5 Å². The minimum atomic E-state index is 0.606. The highest BCUT2D eigenvalue weighted by molar-refractivity contribution is 6.30. The second-order valence-corrected chi connectivity index (χ2v) is 3.93. The summed E-state index contributed by atoms with van der Waals surface area (Å²) < 4.78 is 5.52. The van der Waals surface area contributed by atoms with E-state index in [0.29, 0.717) is 11.6 Å². The molecule has 0 saturated heterocycles. The van der Waals surface area contributed by atoms with Crippen LogP contribution < -0.4 is 4.74 Å². The van der Waals surface area contributed by atoms with Crippen LogP contribution in [0.5, 0.6) is 5.75 Å². The van der Waals surface area contributed by atoms with Crippen LogP contribution in [0.2, 0.25) is 5.02 Å². The zero-order valence-electron chi connectivity index (χ0n) is 9.24. The Morgan fingerprint density at radius 2 is 2.20 bits per heavy atom. The van der Waals surface area contributed by atoms with Gasteiger partial charge in [-0.15, -0.1) is 0 Å². The lowest BCUT2D eigenvalue weighted by Gasteiger charge is -2.15. The Morgan fingerprint density at radius 3 is 2.87 bits per heavy atom. The predicted molar refractivity (Wildman–Crippen MR) is 62.5 cm³/mol. The number of halogens is 1. The molecule has 0 unspecified atom stereocenters. The fourth-order valence-corrected chi connectivity index (χ4v) is 1.45. The summed E-state index contributed by atoms with van der Waals surface area (Å²) in [5, 5.41) is 0.606. The van der Waals surface area contributed by atoms with Crippen LogP contribution in [-0.2, 0) is 0 Å². The Morgan fingerprint density at radius 1 is 1.40 bits per heavy atom. The van der Waals surface area contributed by atoms with Crippen LogP contribution in [0.4, 0.5) is 0 Å². The third-order valence-corrected chi connectivity index (χ3v) is 2.23. The Kier molecular flexibility index (Phi) is 5.43. The molecule has 0 aromatic carbocycles. The van der Waals surface area contributed by atoms with Crippen molar-refractivity contribution in [2.75, 3.05) is 26.7 Å². The first kappa shape index (κ1) is 12.3. The van der Waals surface area contributed by atoms with Crippen molar-refractivity contribution < 1.29 is 4.74 Å². The van der Waals surface area contributed by atoms with E-state index in [9.17, 15) is 0 Å². The highest BCUT2D eigenvalue weighted by Gasteiger charge is 1.98. The van der Waals surface area contributed by atoms with Gasteiger partial charge < -0.3 is 9.64 Å². The minimum Gasteiger partial charge on any atom is -0.491 e. The average molecular weight is 229 g/mol. The molecule has 0 radical (unpaired) electrons. The van der Waals surface area contributed by atoms with Crippen LogP contribution in [0.15, 0.2) is 18.5 Å². The quantitative estimate of drug-likeness (QED) is 0.748.